The number of hydrogen-bond donors (Lipinski definition) is 0. The van der Waals surface area contributed by atoms with Crippen LogP contribution in [0.5, 0.6) is 0 Å². The quantitative estimate of drug-likeness (QED) is 0.159. The third-order valence-corrected chi connectivity index (χ3v) is 11.7. The maximum atomic E-state index is 16.0. The normalized spacial score (nSPS) is 15.2. The highest BCUT2D eigenvalue weighted by atomic mass is 16.2. The first kappa shape index (κ1) is 36.9. The summed E-state index contributed by atoms with van der Waals surface area (Å²) >= 11 is 0. The van der Waals surface area contributed by atoms with Crippen LogP contribution in [0.25, 0.3) is 21.5 Å². The second-order valence-corrected chi connectivity index (χ2v) is 18.6. The fourth-order valence-electron chi connectivity index (χ4n) is 9.41. The average Bonchev–Trinajstić information content (AvgIpc) is 3.21. The zero-order valence-electron chi connectivity index (χ0n) is 34.6. The minimum Gasteiger partial charge on any atom is -0.298 e. The lowest BCUT2D eigenvalue weighted by molar-refractivity contribution is 0.256. The van der Waals surface area contributed by atoms with Crippen molar-refractivity contribution in [3.63, 3.8) is 0 Å². The Morgan fingerprint density at radius 3 is 1.27 bits per heavy atom. The number of hydrogen-bond acceptors (Lipinski definition) is 4. The van der Waals surface area contributed by atoms with Crippen LogP contribution >= 0.6 is 0 Å². The van der Waals surface area contributed by atoms with Crippen molar-refractivity contribution in [3.05, 3.63) is 163 Å². The Kier molecular flexibility index (Phi) is 8.68. The molecule has 59 heavy (non-hydrogen) atoms. The van der Waals surface area contributed by atoms with Crippen LogP contribution in [0.1, 0.15) is 52.7 Å². The molecular formula is C51H47B2N5O. The number of fused-ring (bicyclic) bond motifs is 2. The number of benzene rings is 7. The molecule has 8 heteroatoms. The van der Waals surface area contributed by atoms with Gasteiger partial charge in [-0.25, -0.2) is 14.6 Å². The Morgan fingerprint density at radius 1 is 0.441 bits per heavy atom. The smallest absolute Gasteiger partial charge is 0.298 e. The Bertz CT molecular complexity index is 2690. The molecule has 1 saturated heterocycles. The first-order valence-corrected chi connectivity index (χ1v) is 20.8. The van der Waals surface area contributed by atoms with Gasteiger partial charge in [0.15, 0.2) is 0 Å². The van der Waals surface area contributed by atoms with Gasteiger partial charge in [-0.3, -0.25) is 14.7 Å². The number of para-hydroxylation sites is 1. The summed E-state index contributed by atoms with van der Waals surface area (Å²) in [5.74, 6) is 1.11. The predicted octanol–water partition coefficient (Wildman–Crippen LogP) is 9.07. The van der Waals surface area contributed by atoms with E-state index in [1.807, 2.05) is 58.3 Å². The predicted molar refractivity (Wildman–Crippen MR) is 251 cm³/mol. The standard InChI is InChI=1S/C51H47B2N5O/c1-50(2,3)32-36-20-9-13-26-40(36)52-42-28-17-29-43-46(42)58-47(54-52)56(44-30-15-22-34-18-7-11-24-38(34)44)49(59)57(45-31-16-23-35-19-8-12-25-39(35)45)48(58)55-53(43)41-27-14-10-21-37(41)33-51(4,5)6/h7-31H,32-33H2,1-6H3. The van der Waals surface area contributed by atoms with Gasteiger partial charge in [0.2, 0.25) is 11.9 Å². The molecule has 0 atom stereocenters. The SMILES string of the molecule is CC(C)(C)Cc1ccccc1B1N=C2N3C(=NB(c4ccccc4CC(C)(C)C)c4cccc1c43)N(c1cccc3ccccc13)C(=O)N2c1cccc2ccccc12. The molecule has 7 aromatic carbocycles. The lowest BCUT2D eigenvalue weighted by atomic mass is 9.44. The summed E-state index contributed by atoms with van der Waals surface area (Å²) in [7, 11) is 0. The van der Waals surface area contributed by atoms with E-state index in [9.17, 15) is 0 Å². The van der Waals surface area contributed by atoms with Crippen LogP contribution in [0.4, 0.5) is 21.9 Å². The first-order chi connectivity index (χ1) is 28.4. The highest BCUT2D eigenvalue weighted by Crippen LogP contribution is 2.39. The summed E-state index contributed by atoms with van der Waals surface area (Å²) < 4.78 is 0. The van der Waals surface area contributed by atoms with Crippen LogP contribution < -0.4 is 36.6 Å². The highest BCUT2D eigenvalue weighted by Gasteiger charge is 2.52. The summed E-state index contributed by atoms with van der Waals surface area (Å²) in [6.45, 7) is 13.0. The summed E-state index contributed by atoms with van der Waals surface area (Å²) in [5.41, 5.74) is 9.71. The molecule has 10 rings (SSSR count). The van der Waals surface area contributed by atoms with Crippen molar-refractivity contribution in [1.29, 1.82) is 0 Å². The van der Waals surface area contributed by atoms with Gasteiger partial charge in [-0.15, -0.1) is 0 Å². The molecular weight excluding hydrogens is 720 g/mol. The Hall–Kier alpha value is -6.40. The molecule has 7 aromatic rings. The topological polar surface area (TPSA) is 51.5 Å². The second-order valence-electron chi connectivity index (χ2n) is 18.6. The van der Waals surface area contributed by atoms with Crippen molar-refractivity contribution in [3.8, 4) is 0 Å². The molecule has 288 valence electrons. The maximum absolute atomic E-state index is 16.0. The van der Waals surface area contributed by atoms with Crippen molar-refractivity contribution < 1.29 is 4.79 Å². The van der Waals surface area contributed by atoms with E-state index in [2.05, 4.69) is 150 Å². The first-order valence-electron chi connectivity index (χ1n) is 20.8. The molecule has 1 fully saturated rings. The van der Waals surface area contributed by atoms with Crippen molar-refractivity contribution in [2.45, 2.75) is 54.4 Å². The van der Waals surface area contributed by atoms with Gasteiger partial charge in [0.05, 0.1) is 11.4 Å². The molecule has 3 aliphatic heterocycles. The van der Waals surface area contributed by atoms with Gasteiger partial charge in [-0.2, -0.15) is 0 Å². The van der Waals surface area contributed by atoms with E-state index in [0.717, 1.165) is 73.3 Å². The van der Waals surface area contributed by atoms with Crippen molar-refractivity contribution in [2.24, 2.45) is 20.6 Å². The minimum absolute atomic E-state index is 0.0521. The van der Waals surface area contributed by atoms with Gasteiger partial charge >= 0.3 is 19.7 Å². The monoisotopic (exact) mass is 767 g/mol. The van der Waals surface area contributed by atoms with Crippen LogP contribution in [-0.4, -0.2) is 31.6 Å². The van der Waals surface area contributed by atoms with Crippen molar-refractivity contribution in [2.75, 3.05) is 14.7 Å². The molecule has 0 saturated carbocycles. The fraction of sp³-hybridized carbons (Fsp3) is 0.196. The van der Waals surface area contributed by atoms with Gasteiger partial charge in [0.25, 0.3) is 0 Å². The molecule has 0 bridgehead atoms. The molecule has 0 radical (unpaired) electrons. The number of nitrogens with zero attached hydrogens (tertiary/aromatic N) is 5. The zero-order valence-corrected chi connectivity index (χ0v) is 34.6. The Morgan fingerprint density at radius 2 is 0.814 bits per heavy atom. The number of amides is 2. The van der Waals surface area contributed by atoms with E-state index in [1.165, 1.54) is 11.1 Å². The molecule has 6 nitrogen and oxygen atoms in total. The lowest BCUT2D eigenvalue weighted by Crippen LogP contribution is -2.73. The number of anilines is 3. The molecule has 3 aliphatic rings. The molecule has 0 aromatic heterocycles. The fourth-order valence-corrected chi connectivity index (χ4v) is 9.41. The third kappa shape index (κ3) is 6.33. The Labute approximate surface area is 348 Å². The highest BCUT2D eigenvalue weighted by molar-refractivity contribution is 6.92. The van der Waals surface area contributed by atoms with E-state index < -0.39 is 0 Å². The van der Waals surface area contributed by atoms with E-state index >= 15 is 4.79 Å². The molecule has 0 spiro atoms. The third-order valence-electron chi connectivity index (χ3n) is 11.7. The summed E-state index contributed by atoms with van der Waals surface area (Å²) in [6.07, 6.45) is 1.78. The van der Waals surface area contributed by atoms with Crippen molar-refractivity contribution in [1.82, 2.24) is 0 Å². The number of guanidine groups is 2. The second kappa shape index (κ2) is 13.9. The van der Waals surface area contributed by atoms with Gasteiger partial charge < -0.3 is 0 Å². The molecule has 0 N–H and O–H groups in total. The minimum atomic E-state index is -0.367. The van der Waals surface area contributed by atoms with E-state index in [-0.39, 0.29) is 30.6 Å². The molecule has 2 amide bonds. The van der Waals surface area contributed by atoms with Crippen molar-refractivity contribution >= 4 is 92.1 Å². The number of carbonyl (C=O) groups excluding carboxylic acids is 1. The van der Waals surface area contributed by atoms with Crippen LogP contribution in [0, 0.1) is 10.8 Å². The number of carbonyl (C=O) groups is 1. The van der Waals surface area contributed by atoms with E-state index in [4.69, 9.17) is 9.81 Å². The summed E-state index contributed by atoms with van der Waals surface area (Å²) in [6, 6.07) is 52.8. The van der Waals surface area contributed by atoms with Gasteiger partial charge in [-0.1, -0.05) is 192 Å². The molecule has 0 unspecified atom stereocenters. The number of urea groups is 1. The zero-order chi connectivity index (χ0) is 40.6. The largest absolute Gasteiger partial charge is 0.351 e. The van der Waals surface area contributed by atoms with Gasteiger partial charge in [0, 0.05) is 16.5 Å². The maximum Gasteiger partial charge on any atom is 0.351 e. The van der Waals surface area contributed by atoms with Gasteiger partial charge in [0.1, 0.15) is 0 Å². The van der Waals surface area contributed by atoms with Crippen LogP contribution in [0.3, 0.4) is 0 Å². The van der Waals surface area contributed by atoms with E-state index in [1.54, 1.807) is 0 Å². The van der Waals surface area contributed by atoms with Crippen LogP contribution in [-0.2, 0) is 12.8 Å². The summed E-state index contributed by atoms with van der Waals surface area (Å²) in [5, 5.41) is 4.04. The Balaban J connectivity index is 1.31. The molecule has 3 heterocycles. The van der Waals surface area contributed by atoms with Gasteiger partial charge in [-0.05, 0) is 68.4 Å². The average molecular weight is 768 g/mol. The van der Waals surface area contributed by atoms with Crippen LogP contribution in [0.2, 0.25) is 0 Å². The number of rotatable bonds is 6. The van der Waals surface area contributed by atoms with Crippen LogP contribution in [0.15, 0.2) is 161 Å². The lowest BCUT2D eigenvalue weighted by Gasteiger charge is -2.49. The molecule has 0 aliphatic carbocycles. The van der Waals surface area contributed by atoms with E-state index in [0.29, 0.717) is 11.9 Å². The summed E-state index contributed by atoms with van der Waals surface area (Å²) in [4.78, 5) is 33.4.